The lowest BCUT2D eigenvalue weighted by Gasteiger charge is -2.37. The summed E-state index contributed by atoms with van der Waals surface area (Å²) in [7, 11) is 0. The van der Waals surface area contributed by atoms with Gasteiger partial charge in [0, 0.05) is 0 Å². The van der Waals surface area contributed by atoms with Crippen LogP contribution in [0.4, 0.5) is 4.39 Å². The molecule has 1 fully saturated rings. The molecule has 0 amide bonds. The van der Waals surface area contributed by atoms with Crippen LogP contribution < -0.4 is 0 Å². The lowest BCUT2D eigenvalue weighted by Crippen LogP contribution is -2.41. The number of thiol groups is 1. The highest BCUT2D eigenvalue weighted by Gasteiger charge is 2.36. The van der Waals surface area contributed by atoms with Gasteiger partial charge in [0.05, 0.1) is 18.0 Å². The zero-order valence-electron chi connectivity index (χ0n) is 6.46. The van der Waals surface area contributed by atoms with Crippen LogP contribution in [0.25, 0.3) is 0 Å². The third kappa shape index (κ3) is 1.23. The molecule has 1 nitrogen and oxygen atoms in total. The maximum atomic E-state index is 12.5. The summed E-state index contributed by atoms with van der Waals surface area (Å²) in [6.07, 6.45) is 0. The quantitative estimate of drug-likeness (QED) is 0.657. The van der Waals surface area contributed by atoms with Gasteiger partial charge in [0.25, 0.3) is 0 Å². The van der Waals surface area contributed by atoms with Crippen LogP contribution in [0.3, 0.4) is 0 Å². The second kappa shape index (κ2) is 2.75. The molecule has 1 aliphatic heterocycles. The first kappa shape index (κ1) is 8.08. The Labute approximate surface area is 76.0 Å². The molecule has 0 spiro atoms. The third-order valence-corrected chi connectivity index (χ3v) is 2.58. The molecular weight excluding hydrogens is 175 g/mol. The van der Waals surface area contributed by atoms with E-state index in [9.17, 15) is 4.39 Å². The molecule has 64 valence electrons. The predicted molar refractivity (Wildman–Crippen MR) is 47.9 cm³/mol. The summed E-state index contributed by atoms with van der Waals surface area (Å²) in [5.41, 5.74) is 1.03. The molecule has 0 atom stereocenters. The first-order chi connectivity index (χ1) is 5.71. The van der Waals surface area contributed by atoms with Crippen LogP contribution in [-0.2, 0) is 9.48 Å². The Kier molecular flexibility index (Phi) is 1.85. The van der Waals surface area contributed by atoms with Crippen molar-refractivity contribution < 1.29 is 9.13 Å². The van der Waals surface area contributed by atoms with Crippen molar-refractivity contribution in [1.82, 2.24) is 0 Å². The second-order valence-corrected chi connectivity index (χ2v) is 3.89. The highest BCUT2D eigenvalue weighted by Crippen LogP contribution is 2.35. The van der Waals surface area contributed by atoms with Crippen molar-refractivity contribution in [1.29, 1.82) is 0 Å². The van der Waals surface area contributed by atoms with Crippen LogP contribution in [-0.4, -0.2) is 13.2 Å². The van der Waals surface area contributed by atoms with Crippen molar-refractivity contribution in [3.05, 3.63) is 35.6 Å². The molecule has 0 bridgehead atoms. The summed E-state index contributed by atoms with van der Waals surface area (Å²) in [5, 5.41) is 0. The van der Waals surface area contributed by atoms with E-state index in [1.54, 1.807) is 12.1 Å². The summed E-state index contributed by atoms with van der Waals surface area (Å²) >= 11 is 4.45. The van der Waals surface area contributed by atoms with Crippen LogP contribution in [0, 0.1) is 5.82 Å². The molecule has 1 aromatic rings. The van der Waals surface area contributed by atoms with Gasteiger partial charge in [-0.25, -0.2) is 4.39 Å². The Hall–Kier alpha value is -0.540. The molecule has 1 heterocycles. The highest BCUT2D eigenvalue weighted by atomic mass is 32.1. The summed E-state index contributed by atoms with van der Waals surface area (Å²) in [6, 6.07) is 6.41. The van der Waals surface area contributed by atoms with Crippen molar-refractivity contribution >= 4 is 12.6 Å². The Morgan fingerprint density at radius 2 is 1.83 bits per heavy atom. The van der Waals surface area contributed by atoms with Crippen molar-refractivity contribution in [3.63, 3.8) is 0 Å². The summed E-state index contributed by atoms with van der Waals surface area (Å²) in [4.78, 5) is 0. The van der Waals surface area contributed by atoms with Gasteiger partial charge >= 0.3 is 0 Å². The number of hydrogen-bond donors (Lipinski definition) is 1. The molecule has 1 saturated heterocycles. The van der Waals surface area contributed by atoms with Crippen LogP contribution in [0.5, 0.6) is 0 Å². The van der Waals surface area contributed by atoms with Gasteiger partial charge in [-0.2, -0.15) is 12.6 Å². The normalized spacial score (nSPS) is 20.2. The Balaban J connectivity index is 2.28. The fraction of sp³-hybridized carbons (Fsp3) is 0.333. The first-order valence-electron chi connectivity index (χ1n) is 3.77. The van der Waals surface area contributed by atoms with Gasteiger partial charge in [0.15, 0.2) is 0 Å². The maximum Gasteiger partial charge on any atom is 0.123 e. The Bertz CT molecular complexity index is 279. The SMILES string of the molecule is Fc1ccc(C2(S)COC2)cc1. The minimum Gasteiger partial charge on any atom is -0.378 e. The summed E-state index contributed by atoms with van der Waals surface area (Å²) in [6.45, 7) is 1.23. The van der Waals surface area contributed by atoms with E-state index in [4.69, 9.17) is 4.74 Å². The fourth-order valence-electron chi connectivity index (χ4n) is 1.22. The molecular formula is C9H9FOS. The maximum absolute atomic E-state index is 12.5. The topological polar surface area (TPSA) is 9.23 Å². The minimum atomic E-state index is -0.212. The molecule has 0 unspecified atom stereocenters. The Morgan fingerprint density at radius 1 is 1.25 bits per heavy atom. The van der Waals surface area contributed by atoms with Crippen molar-refractivity contribution in [2.75, 3.05) is 13.2 Å². The zero-order valence-corrected chi connectivity index (χ0v) is 7.35. The van der Waals surface area contributed by atoms with Gasteiger partial charge in [-0.3, -0.25) is 0 Å². The van der Waals surface area contributed by atoms with Crippen LogP contribution >= 0.6 is 12.6 Å². The molecule has 12 heavy (non-hydrogen) atoms. The largest absolute Gasteiger partial charge is 0.378 e. The molecule has 0 aromatic heterocycles. The molecule has 3 heteroatoms. The lowest BCUT2D eigenvalue weighted by molar-refractivity contribution is -0.00971. The van der Waals surface area contributed by atoms with Gasteiger partial charge in [-0.15, -0.1) is 0 Å². The highest BCUT2D eigenvalue weighted by molar-refractivity contribution is 7.81. The molecule has 1 aliphatic rings. The lowest BCUT2D eigenvalue weighted by atomic mass is 9.96. The van der Waals surface area contributed by atoms with Crippen molar-refractivity contribution in [2.24, 2.45) is 0 Å². The number of benzene rings is 1. The predicted octanol–water partition coefficient (Wildman–Crippen LogP) is 1.98. The fourth-order valence-corrected chi connectivity index (χ4v) is 1.55. The van der Waals surface area contributed by atoms with Gasteiger partial charge in [-0.1, -0.05) is 12.1 Å². The van der Waals surface area contributed by atoms with E-state index in [0.717, 1.165) is 5.56 Å². The standard InChI is InChI=1S/C9H9FOS/c10-8-3-1-7(2-4-8)9(12)5-11-6-9/h1-4,12H,5-6H2. The van der Waals surface area contributed by atoms with Gasteiger partial charge in [0.2, 0.25) is 0 Å². The average Bonchev–Trinajstić information content (AvgIpc) is 2.02. The van der Waals surface area contributed by atoms with Crippen LogP contribution in [0.2, 0.25) is 0 Å². The van der Waals surface area contributed by atoms with Crippen molar-refractivity contribution in [3.8, 4) is 0 Å². The van der Waals surface area contributed by atoms with E-state index in [-0.39, 0.29) is 10.6 Å². The van der Waals surface area contributed by atoms with E-state index in [1.807, 2.05) is 0 Å². The third-order valence-electron chi connectivity index (χ3n) is 2.06. The van der Waals surface area contributed by atoms with E-state index in [2.05, 4.69) is 12.6 Å². The van der Waals surface area contributed by atoms with Crippen molar-refractivity contribution in [2.45, 2.75) is 4.75 Å². The van der Waals surface area contributed by atoms with Gasteiger partial charge < -0.3 is 4.74 Å². The number of ether oxygens (including phenoxy) is 1. The van der Waals surface area contributed by atoms with Crippen LogP contribution in [0.15, 0.2) is 24.3 Å². The molecule has 0 N–H and O–H groups in total. The van der Waals surface area contributed by atoms with E-state index in [0.29, 0.717) is 13.2 Å². The van der Waals surface area contributed by atoms with E-state index < -0.39 is 0 Å². The molecule has 0 aliphatic carbocycles. The van der Waals surface area contributed by atoms with Crippen LogP contribution in [0.1, 0.15) is 5.56 Å². The van der Waals surface area contributed by atoms with E-state index in [1.165, 1.54) is 12.1 Å². The minimum absolute atomic E-state index is 0.187. The average molecular weight is 184 g/mol. The second-order valence-electron chi connectivity index (χ2n) is 3.03. The number of hydrogen-bond acceptors (Lipinski definition) is 2. The molecule has 0 radical (unpaired) electrons. The molecule has 2 rings (SSSR count). The molecule has 1 aromatic carbocycles. The summed E-state index contributed by atoms with van der Waals surface area (Å²) < 4.78 is 17.4. The molecule has 0 saturated carbocycles. The number of rotatable bonds is 1. The Morgan fingerprint density at radius 3 is 2.25 bits per heavy atom. The summed E-state index contributed by atoms with van der Waals surface area (Å²) in [5.74, 6) is -0.212. The zero-order chi connectivity index (χ0) is 8.60. The van der Waals surface area contributed by atoms with E-state index >= 15 is 0 Å². The van der Waals surface area contributed by atoms with Gasteiger partial charge in [0.1, 0.15) is 5.82 Å². The number of halogens is 1. The first-order valence-corrected chi connectivity index (χ1v) is 4.22. The monoisotopic (exact) mass is 184 g/mol. The smallest absolute Gasteiger partial charge is 0.123 e. The van der Waals surface area contributed by atoms with Gasteiger partial charge in [-0.05, 0) is 17.7 Å².